The highest BCUT2D eigenvalue weighted by molar-refractivity contribution is 6.35. The molecule has 124 valence electrons. The summed E-state index contributed by atoms with van der Waals surface area (Å²) in [5.74, 6) is 0.899. The Labute approximate surface area is 148 Å². The third-order valence-electron chi connectivity index (χ3n) is 5.16. The Bertz CT molecular complexity index is 956. The summed E-state index contributed by atoms with van der Waals surface area (Å²) in [5, 5.41) is 6.40. The molecular formula is C16H16Cl2N6. The molecule has 1 N–H and O–H groups in total. The summed E-state index contributed by atoms with van der Waals surface area (Å²) < 4.78 is 1.95. The summed E-state index contributed by atoms with van der Waals surface area (Å²) in [6.45, 7) is 1.88. The van der Waals surface area contributed by atoms with Gasteiger partial charge in [-0.3, -0.25) is 0 Å². The molecule has 2 atom stereocenters. The average Bonchev–Trinajstić information content (AvgIpc) is 3.05. The second-order valence-corrected chi connectivity index (χ2v) is 7.31. The van der Waals surface area contributed by atoms with E-state index in [4.69, 9.17) is 23.2 Å². The fraction of sp³-hybridized carbons (Fsp3) is 0.438. The minimum absolute atomic E-state index is 0.262. The number of hydrogen-bond acceptors (Lipinski definition) is 5. The number of halogens is 2. The second kappa shape index (κ2) is 5.18. The van der Waals surface area contributed by atoms with Crippen LogP contribution in [0.5, 0.6) is 0 Å². The van der Waals surface area contributed by atoms with E-state index in [1.54, 1.807) is 6.20 Å². The molecule has 0 saturated carbocycles. The quantitative estimate of drug-likeness (QED) is 0.532. The first-order valence-electron chi connectivity index (χ1n) is 8.09. The molecule has 0 radical (unpaired) electrons. The van der Waals surface area contributed by atoms with Gasteiger partial charge in [-0.25, -0.2) is 4.98 Å². The maximum atomic E-state index is 6.33. The highest BCUT2D eigenvalue weighted by Gasteiger charge is 2.34. The fourth-order valence-electron chi connectivity index (χ4n) is 4.15. The van der Waals surface area contributed by atoms with Crippen molar-refractivity contribution in [3.63, 3.8) is 0 Å². The fourth-order valence-corrected chi connectivity index (χ4v) is 4.59. The first-order chi connectivity index (χ1) is 11.6. The number of aromatic nitrogens is 4. The van der Waals surface area contributed by atoms with Gasteiger partial charge in [0.1, 0.15) is 11.5 Å². The maximum Gasteiger partial charge on any atom is 0.226 e. The zero-order chi connectivity index (χ0) is 16.4. The number of nitrogens with zero attached hydrogens (tertiary/aromatic N) is 5. The molecule has 3 aromatic heterocycles. The smallest absolute Gasteiger partial charge is 0.226 e. The van der Waals surface area contributed by atoms with E-state index in [2.05, 4.69) is 25.2 Å². The number of nitrogens with one attached hydrogen (secondary N) is 1. The molecule has 24 heavy (non-hydrogen) atoms. The van der Waals surface area contributed by atoms with Crippen LogP contribution in [0.1, 0.15) is 12.8 Å². The van der Waals surface area contributed by atoms with E-state index >= 15 is 0 Å². The number of rotatable bonds is 1. The Kier molecular flexibility index (Phi) is 3.17. The van der Waals surface area contributed by atoms with E-state index in [0.717, 1.165) is 40.8 Å². The number of piperazine rings is 1. The minimum Gasteiger partial charge on any atom is -0.353 e. The van der Waals surface area contributed by atoms with Crippen molar-refractivity contribution in [3.05, 3.63) is 22.7 Å². The Morgan fingerprint density at radius 2 is 1.92 bits per heavy atom. The summed E-state index contributed by atoms with van der Waals surface area (Å²) in [6.07, 6.45) is 4.16. The van der Waals surface area contributed by atoms with Crippen molar-refractivity contribution < 1.29 is 0 Å². The molecule has 0 amide bonds. The SMILES string of the molecule is Cn1c2nc(Cl)nc(N3CC4CCC(C3)N4)c2c2ccnc(Cl)c21. The van der Waals surface area contributed by atoms with E-state index < -0.39 is 0 Å². The number of fused-ring (bicyclic) bond motifs is 5. The summed E-state index contributed by atoms with van der Waals surface area (Å²) in [4.78, 5) is 15.6. The van der Waals surface area contributed by atoms with Crippen LogP contribution in [-0.2, 0) is 7.05 Å². The van der Waals surface area contributed by atoms with Gasteiger partial charge in [0, 0.05) is 43.8 Å². The first-order valence-corrected chi connectivity index (χ1v) is 8.84. The van der Waals surface area contributed by atoms with Crippen LogP contribution < -0.4 is 10.2 Å². The highest BCUT2D eigenvalue weighted by atomic mass is 35.5. The molecule has 3 aromatic rings. The summed E-state index contributed by atoms with van der Waals surface area (Å²) in [7, 11) is 1.94. The number of hydrogen-bond donors (Lipinski definition) is 1. The Hall–Kier alpha value is -1.63. The number of aryl methyl sites for hydroxylation is 1. The van der Waals surface area contributed by atoms with Crippen LogP contribution in [-0.4, -0.2) is 44.7 Å². The van der Waals surface area contributed by atoms with E-state index in [0.29, 0.717) is 17.2 Å². The lowest BCUT2D eigenvalue weighted by Crippen LogP contribution is -2.51. The minimum atomic E-state index is 0.262. The number of anilines is 1. The maximum absolute atomic E-state index is 6.33. The van der Waals surface area contributed by atoms with Gasteiger partial charge in [-0.05, 0) is 30.5 Å². The lowest BCUT2D eigenvalue weighted by Gasteiger charge is -2.34. The topological polar surface area (TPSA) is 58.9 Å². The molecule has 5 rings (SSSR count). The van der Waals surface area contributed by atoms with Crippen molar-refractivity contribution in [2.24, 2.45) is 7.05 Å². The molecule has 8 heteroatoms. The summed E-state index contributed by atoms with van der Waals surface area (Å²) in [5.41, 5.74) is 1.66. The second-order valence-electron chi connectivity index (χ2n) is 6.61. The van der Waals surface area contributed by atoms with Crippen molar-refractivity contribution in [2.45, 2.75) is 24.9 Å². The lowest BCUT2D eigenvalue weighted by atomic mass is 10.2. The summed E-state index contributed by atoms with van der Waals surface area (Å²) >= 11 is 12.6. The zero-order valence-corrected chi connectivity index (χ0v) is 14.6. The van der Waals surface area contributed by atoms with Crippen molar-refractivity contribution in [3.8, 4) is 0 Å². The normalized spacial score (nSPS) is 23.5. The zero-order valence-electron chi connectivity index (χ0n) is 13.1. The van der Waals surface area contributed by atoms with Crippen LogP contribution >= 0.6 is 23.2 Å². The van der Waals surface area contributed by atoms with Gasteiger partial charge in [0.15, 0.2) is 5.15 Å². The molecule has 6 nitrogen and oxygen atoms in total. The van der Waals surface area contributed by atoms with Gasteiger partial charge < -0.3 is 14.8 Å². The third kappa shape index (κ3) is 2.03. The Morgan fingerprint density at radius 3 is 2.67 bits per heavy atom. The molecule has 2 unspecified atom stereocenters. The average molecular weight is 363 g/mol. The van der Waals surface area contributed by atoms with Crippen molar-refractivity contribution in [1.29, 1.82) is 0 Å². The van der Waals surface area contributed by atoms with Gasteiger partial charge in [0.05, 0.1) is 10.9 Å². The van der Waals surface area contributed by atoms with Crippen LogP contribution in [0.4, 0.5) is 5.82 Å². The number of pyridine rings is 1. The van der Waals surface area contributed by atoms with Crippen LogP contribution in [0.15, 0.2) is 12.3 Å². The molecular weight excluding hydrogens is 347 g/mol. The molecule has 0 spiro atoms. The standard InChI is InChI=1S/C16H16Cl2N6/c1-23-12-10(4-5-19-13(12)17)11-14(23)21-16(18)22-15(11)24-6-8-2-3-9(7-24)20-8/h4-5,8-9,20H,2-3,6-7H2,1H3. The highest BCUT2D eigenvalue weighted by Crippen LogP contribution is 2.37. The molecule has 2 aliphatic rings. The molecule has 2 aliphatic heterocycles. The van der Waals surface area contributed by atoms with Crippen LogP contribution in [0, 0.1) is 0 Å². The molecule has 2 fully saturated rings. The van der Waals surface area contributed by atoms with Gasteiger partial charge in [0.25, 0.3) is 0 Å². The van der Waals surface area contributed by atoms with Crippen molar-refractivity contribution >= 4 is 51.0 Å². The van der Waals surface area contributed by atoms with Crippen molar-refractivity contribution in [2.75, 3.05) is 18.0 Å². The molecule has 2 saturated heterocycles. The van der Waals surface area contributed by atoms with Gasteiger partial charge in [-0.1, -0.05) is 11.6 Å². The van der Waals surface area contributed by atoms with Crippen LogP contribution in [0.25, 0.3) is 21.9 Å². The molecule has 0 aromatic carbocycles. The van der Waals surface area contributed by atoms with E-state index in [-0.39, 0.29) is 5.28 Å². The predicted molar refractivity (Wildman–Crippen MR) is 96.0 cm³/mol. The van der Waals surface area contributed by atoms with Gasteiger partial charge in [-0.2, -0.15) is 9.97 Å². The largest absolute Gasteiger partial charge is 0.353 e. The molecule has 2 bridgehead atoms. The van der Waals surface area contributed by atoms with E-state index in [1.165, 1.54) is 12.8 Å². The van der Waals surface area contributed by atoms with E-state index in [9.17, 15) is 0 Å². The van der Waals surface area contributed by atoms with Gasteiger partial charge >= 0.3 is 0 Å². The van der Waals surface area contributed by atoms with Gasteiger partial charge in [-0.15, -0.1) is 0 Å². The Morgan fingerprint density at radius 1 is 1.17 bits per heavy atom. The molecule has 5 heterocycles. The first kappa shape index (κ1) is 14.7. The lowest BCUT2D eigenvalue weighted by molar-refractivity contribution is 0.464. The van der Waals surface area contributed by atoms with Crippen LogP contribution in [0.2, 0.25) is 10.4 Å². The van der Waals surface area contributed by atoms with Crippen LogP contribution in [0.3, 0.4) is 0 Å². The summed E-state index contributed by atoms with van der Waals surface area (Å²) in [6, 6.07) is 3.02. The molecule has 0 aliphatic carbocycles. The Balaban J connectivity index is 1.81. The van der Waals surface area contributed by atoms with Crippen molar-refractivity contribution in [1.82, 2.24) is 24.8 Å². The van der Waals surface area contributed by atoms with Gasteiger partial charge in [0.2, 0.25) is 5.28 Å². The van der Waals surface area contributed by atoms with E-state index in [1.807, 2.05) is 17.7 Å². The third-order valence-corrected chi connectivity index (χ3v) is 5.61. The predicted octanol–water partition coefficient (Wildman–Crippen LogP) is 2.76. The monoisotopic (exact) mass is 362 g/mol.